The molecule has 0 aliphatic heterocycles. The molecule has 0 spiro atoms. The summed E-state index contributed by atoms with van der Waals surface area (Å²) in [7, 11) is -2.05. The molecule has 2 aromatic rings. The maximum atomic E-state index is 12.6. The molecule has 0 saturated carbocycles. The summed E-state index contributed by atoms with van der Waals surface area (Å²) in [5.74, 6) is 0.698. The zero-order chi connectivity index (χ0) is 15.6. The van der Waals surface area contributed by atoms with Crippen LogP contribution in [-0.2, 0) is 10.0 Å². The van der Waals surface area contributed by atoms with Crippen molar-refractivity contribution in [3.05, 3.63) is 53.1 Å². The van der Waals surface area contributed by atoms with Crippen molar-refractivity contribution in [2.45, 2.75) is 25.7 Å². The minimum absolute atomic E-state index is 0.310. The summed E-state index contributed by atoms with van der Waals surface area (Å²) >= 11 is 0. The number of hydrogen-bond donors (Lipinski definition) is 1. The van der Waals surface area contributed by atoms with Crippen molar-refractivity contribution in [1.29, 1.82) is 0 Å². The van der Waals surface area contributed by atoms with Gasteiger partial charge in [-0.05, 0) is 55.7 Å². The first-order valence-corrected chi connectivity index (χ1v) is 8.08. The Morgan fingerprint density at radius 3 is 2.19 bits per heavy atom. The monoisotopic (exact) mass is 305 g/mol. The molecule has 0 aliphatic rings. The highest BCUT2D eigenvalue weighted by atomic mass is 32.2. The molecule has 0 saturated heterocycles. The van der Waals surface area contributed by atoms with Crippen molar-refractivity contribution in [3.63, 3.8) is 0 Å². The predicted octanol–water partition coefficient (Wildman–Crippen LogP) is 3.42. The molecule has 0 aromatic heterocycles. The van der Waals surface area contributed by atoms with E-state index in [0.717, 1.165) is 5.56 Å². The number of rotatable bonds is 4. The lowest BCUT2D eigenvalue weighted by Crippen LogP contribution is -2.16. The number of hydrogen-bond acceptors (Lipinski definition) is 3. The Morgan fingerprint density at radius 2 is 1.62 bits per heavy atom. The van der Waals surface area contributed by atoms with E-state index < -0.39 is 10.0 Å². The van der Waals surface area contributed by atoms with Gasteiger partial charge in [-0.1, -0.05) is 18.2 Å². The van der Waals surface area contributed by atoms with Gasteiger partial charge in [0.2, 0.25) is 0 Å². The Morgan fingerprint density at radius 1 is 1.00 bits per heavy atom. The van der Waals surface area contributed by atoms with Crippen molar-refractivity contribution >= 4 is 15.7 Å². The van der Waals surface area contributed by atoms with Crippen LogP contribution in [0.1, 0.15) is 16.7 Å². The van der Waals surface area contributed by atoms with Crippen molar-refractivity contribution < 1.29 is 13.2 Å². The summed E-state index contributed by atoms with van der Waals surface area (Å²) in [5, 5.41) is 0. The molecular weight excluding hydrogens is 286 g/mol. The Hall–Kier alpha value is -2.01. The summed E-state index contributed by atoms with van der Waals surface area (Å²) in [6.45, 7) is 5.42. The van der Waals surface area contributed by atoms with Gasteiger partial charge in [0.1, 0.15) is 5.75 Å². The quantitative estimate of drug-likeness (QED) is 0.941. The van der Waals surface area contributed by atoms with Gasteiger partial charge in [-0.15, -0.1) is 0 Å². The van der Waals surface area contributed by atoms with Gasteiger partial charge >= 0.3 is 0 Å². The third kappa shape index (κ3) is 3.03. The number of anilines is 1. The number of methoxy groups -OCH3 is 1. The van der Waals surface area contributed by atoms with Crippen LogP contribution in [0.5, 0.6) is 5.75 Å². The molecule has 5 heteroatoms. The van der Waals surface area contributed by atoms with Crippen molar-refractivity contribution in [3.8, 4) is 5.75 Å². The molecule has 0 radical (unpaired) electrons. The third-order valence-electron chi connectivity index (χ3n) is 3.49. The molecule has 0 atom stereocenters. The van der Waals surface area contributed by atoms with E-state index in [2.05, 4.69) is 4.72 Å². The molecule has 2 rings (SSSR count). The summed E-state index contributed by atoms with van der Waals surface area (Å²) in [5.41, 5.74) is 2.75. The average molecular weight is 305 g/mol. The molecule has 0 amide bonds. The van der Waals surface area contributed by atoms with E-state index in [4.69, 9.17) is 4.74 Å². The number of para-hydroxylation sites is 1. The van der Waals surface area contributed by atoms with Crippen LogP contribution in [0.2, 0.25) is 0 Å². The van der Waals surface area contributed by atoms with E-state index in [1.807, 2.05) is 13.0 Å². The lowest BCUT2D eigenvalue weighted by atomic mass is 10.1. The van der Waals surface area contributed by atoms with Gasteiger partial charge in [0.05, 0.1) is 12.0 Å². The smallest absolute Gasteiger partial charge is 0.262 e. The van der Waals surface area contributed by atoms with Gasteiger partial charge in [0.25, 0.3) is 10.0 Å². The Bertz CT molecular complexity index is 753. The second-order valence-corrected chi connectivity index (χ2v) is 6.57. The van der Waals surface area contributed by atoms with E-state index in [1.54, 1.807) is 51.3 Å². The number of nitrogens with one attached hydrogen (secondary N) is 1. The fourth-order valence-corrected chi connectivity index (χ4v) is 3.95. The Balaban J connectivity index is 2.53. The van der Waals surface area contributed by atoms with Crippen LogP contribution in [0, 0.1) is 20.8 Å². The Kier molecular flexibility index (Phi) is 4.23. The van der Waals surface area contributed by atoms with Gasteiger partial charge in [-0.3, -0.25) is 4.72 Å². The largest absolute Gasteiger partial charge is 0.496 e. The first-order valence-electron chi connectivity index (χ1n) is 6.59. The van der Waals surface area contributed by atoms with Crippen LogP contribution in [-0.4, -0.2) is 15.5 Å². The van der Waals surface area contributed by atoms with Crippen molar-refractivity contribution in [1.82, 2.24) is 0 Å². The minimum Gasteiger partial charge on any atom is -0.496 e. The van der Waals surface area contributed by atoms with Gasteiger partial charge in [0.15, 0.2) is 0 Å². The van der Waals surface area contributed by atoms with Crippen molar-refractivity contribution in [2.75, 3.05) is 11.8 Å². The maximum Gasteiger partial charge on any atom is 0.262 e. The number of aryl methyl sites for hydroxylation is 1. The van der Waals surface area contributed by atoms with Crippen LogP contribution in [0.15, 0.2) is 41.3 Å². The highest BCUT2D eigenvalue weighted by molar-refractivity contribution is 7.92. The number of sulfonamides is 1. The average Bonchev–Trinajstić information content (AvgIpc) is 2.43. The highest BCUT2D eigenvalue weighted by Crippen LogP contribution is 2.31. The molecule has 2 aromatic carbocycles. The first kappa shape index (κ1) is 15.4. The molecule has 0 aliphatic carbocycles. The second kappa shape index (κ2) is 5.77. The molecule has 21 heavy (non-hydrogen) atoms. The fourth-order valence-electron chi connectivity index (χ4n) is 2.36. The lowest BCUT2D eigenvalue weighted by Gasteiger charge is -2.17. The normalized spacial score (nSPS) is 11.2. The van der Waals surface area contributed by atoms with E-state index in [9.17, 15) is 8.42 Å². The zero-order valence-corrected chi connectivity index (χ0v) is 13.4. The van der Waals surface area contributed by atoms with Crippen LogP contribution < -0.4 is 9.46 Å². The Labute approximate surface area is 125 Å². The van der Waals surface area contributed by atoms with E-state index in [-0.39, 0.29) is 0 Å². The zero-order valence-electron chi connectivity index (χ0n) is 12.6. The lowest BCUT2D eigenvalue weighted by molar-refractivity contribution is 0.410. The summed E-state index contributed by atoms with van der Waals surface area (Å²) in [4.78, 5) is 0.310. The summed E-state index contributed by atoms with van der Waals surface area (Å²) in [6, 6.07) is 10.6. The molecule has 4 nitrogen and oxygen atoms in total. The molecule has 0 heterocycles. The van der Waals surface area contributed by atoms with Crippen LogP contribution in [0.25, 0.3) is 0 Å². The van der Waals surface area contributed by atoms with E-state index in [1.165, 1.54) is 0 Å². The molecule has 0 bridgehead atoms. The van der Waals surface area contributed by atoms with E-state index in [0.29, 0.717) is 27.5 Å². The SMILES string of the molecule is COc1cc(C)c(S(=O)(=O)Nc2ccccc2)c(C)c1C. The molecular formula is C16H19NO3S. The maximum absolute atomic E-state index is 12.6. The third-order valence-corrected chi connectivity index (χ3v) is 5.16. The van der Waals surface area contributed by atoms with E-state index >= 15 is 0 Å². The van der Waals surface area contributed by atoms with Crippen molar-refractivity contribution in [2.24, 2.45) is 0 Å². The molecule has 0 unspecified atom stereocenters. The van der Waals surface area contributed by atoms with Crippen LogP contribution in [0.4, 0.5) is 5.69 Å². The molecule has 1 N–H and O–H groups in total. The fraction of sp³-hybridized carbons (Fsp3) is 0.250. The standard InChI is InChI=1S/C16H19NO3S/c1-11-10-15(20-4)12(2)13(3)16(11)21(18,19)17-14-8-6-5-7-9-14/h5-10,17H,1-4H3. The summed E-state index contributed by atoms with van der Waals surface area (Å²) in [6.07, 6.45) is 0. The number of ether oxygens (including phenoxy) is 1. The number of benzene rings is 2. The van der Waals surface area contributed by atoms with Gasteiger partial charge in [0, 0.05) is 5.69 Å². The highest BCUT2D eigenvalue weighted by Gasteiger charge is 2.22. The van der Waals surface area contributed by atoms with Gasteiger partial charge in [-0.2, -0.15) is 0 Å². The van der Waals surface area contributed by atoms with Gasteiger partial charge in [-0.25, -0.2) is 8.42 Å². The second-order valence-electron chi connectivity index (χ2n) is 4.95. The predicted molar refractivity (Wildman–Crippen MR) is 84.5 cm³/mol. The van der Waals surface area contributed by atoms with Crippen LogP contribution >= 0.6 is 0 Å². The summed E-state index contributed by atoms with van der Waals surface area (Å²) < 4.78 is 33.2. The van der Waals surface area contributed by atoms with Gasteiger partial charge < -0.3 is 4.74 Å². The first-order chi connectivity index (χ1) is 9.86. The minimum atomic E-state index is -3.63. The van der Waals surface area contributed by atoms with Crippen LogP contribution in [0.3, 0.4) is 0 Å². The topological polar surface area (TPSA) is 55.4 Å². The molecule has 112 valence electrons. The molecule has 0 fully saturated rings.